The van der Waals surface area contributed by atoms with Crippen molar-refractivity contribution in [3.63, 3.8) is 0 Å². The molecule has 7 heteroatoms. The predicted octanol–water partition coefficient (Wildman–Crippen LogP) is 8.20. The fraction of sp³-hybridized carbons (Fsp3) is 0.300. The molecule has 37 heavy (non-hydrogen) atoms. The number of halogens is 3. The van der Waals surface area contributed by atoms with Crippen LogP contribution in [0.5, 0.6) is 0 Å². The molecule has 0 atom stereocenters. The van der Waals surface area contributed by atoms with Crippen LogP contribution >= 0.6 is 0 Å². The van der Waals surface area contributed by atoms with Gasteiger partial charge in [0.15, 0.2) is 5.82 Å². The Morgan fingerprint density at radius 1 is 1.03 bits per heavy atom. The quantitative estimate of drug-likeness (QED) is 0.334. The molecular formula is C30H33F3N4. The Hall–Kier alpha value is -3.74. The lowest BCUT2D eigenvalue weighted by molar-refractivity contribution is -0.137. The van der Waals surface area contributed by atoms with Crippen molar-refractivity contribution in [2.75, 3.05) is 35.3 Å². The van der Waals surface area contributed by atoms with Crippen LogP contribution in [0.4, 0.5) is 30.4 Å². The third-order valence-electron chi connectivity index (χ3n) is 6.60. The molecule has 1 aliphatic rings. The van der Waals surface area contributed by atoms with Crippen LogP contribution in [0, 0.1) is 0 Å². The maximum absolute atomic E-state index is 13.3. The van der Waals surface area contributed by atoms with Crippen LogP contribution < -0.4 is 15.1 Å². The summed E-state index contributed by atoms with van der Waals surface area (Å²) in [7, 11) is 2.00. The van der Waals surface area contributed by atoms with Gasteiger partial charge < -0.3 is 15.1 Å². The molecule has 0 fully saturated rings. The van der Waals surface area contributed by atoms with E-state index >= 15 is 0 Å². The van der Waals surface area contributed by atoms with Crippen molar-refractivity contribution >= 4 is 22.8 Å². The molecule has 3 aromatic rings. The molecule has 0 bridgehead atoms. The molecule has 1 N–H and O–H groups in total. The first kappa shape index (κ1) is 26.3. The van der Waals surface area contributed by atoms with E-state index in [1.165, 1.54) is 6.07 Å². The summed E-state index contributed by atoms with van der Waals surface area (Å²) in [4.78, 5) is 8.97. The summed E-state index contributed by atoms with van der Waals surface area (Å²) in [5.41, 5.74) is 4.19. The molecule has 0 aliphatic carbocycles. The predicted molar refractivity (Wildman–Crippen MR) is 148 cm³/mol. The Morgan fingerprint density at radius 2 is 1.81 bits per heavy atom. The monoisotopic (exact) mass is 506 g/mol. The summed E-state index contributed by atoms with van der Waals surface area (Å²) in [5, 5.41) is 3.42. The zero-order valence-corrected chi connectivity index (χ0v) is 21.4. The maximum atomic E-state index is 13.3. The van der Waals surface area contributed by atoms with E-state index in [-0.39, 0.29) is 0 Å². The van der Waals surface area contributed by atoms with Gasteiger partial charge in [0, 0.05) is 31.4 Å². The smallest absolute Gasteiger partial charge is 0.372 e. The molecule has 4 rings (SSSR count). The van der Waals surface area contributed by atoms with E-state index < -0.39 is 11.7 Å². The zero-order chi connectivity index (χ0) is 26.6. The number of hydrogen-bond acceptors (Lipinski definition) is 4. The van der Waals surface area contributed by atoms with Gasteiger partial charge in [-0.3, -0.25) is 0 Å². The Bertz CT molecular complexity index is 1280. The SMILES string of the molecule is C=C(CCCC)c1cccc(NC(=C)N2CCCN(C)c3ccc(-c4cccc(C(F)(F)F)c4)nc32)c1. The summed E-state index contributed by atoms with van der Waals surface area (Å²) >= 11 is 0. The molecule has 0 amide bonds. The first-order valence-corrected chi connectivity index (χ1v) is 12.6. The minimum Gasteiger partial charge on any atom is -0.372 e. The van der Waals surface area contributed by atoms with Crippen LogP contribution in [0.3, 0.4) is 0 Å². The van der Waals surface area contributed by atoms with Gasteiger partial charge in [-0.15, -0.1) is 0 Å². The van der Waals surface area contributed by atoms with Gasteiger partial charge in [0.05, 0.1) is 16.9 Å². The summed E-state index contributed by atoms with van der Waals surface area (Å²) in [6.45, 7) is 12.2. The molecule has 1 aromatic heterocycles. The molecule has 2 heterocycles. The molecule has 0 saturated heterocycles. The van der Waals surface area contributed by atoms with Crippen LogP contribution in [0.25, 0.3) is 16.8 Å². The number of nitrogens with zero attached hydrogens (tertiary/aromatic N) is 3. The summed E-state index contributed by atoms with van der Waals surface area (Å²) in [6, 6.07) is 17.1. The van der Waals surface area contributed by atoms with Gasteiger partial charge in [-0.2, -0.15) is 13.2 Å². The number of aromatic nitrogens is 1. The van der Waals surface area contributed by atoms with Crippen LogP contribution in [0.15, 0.2) is 79.6 Å². The molecule has 2 aromatic carbocycles. The topological polar surface area (TPSA) is 31.4 Å². The molecule has 4 nitrogen and oxygen atoms in total. The van der Waals surface area contributed by atoms with Crippen molar-refractivity contribution < 1.29 is 13.2 Å². The van der Waals surface area contributed by atoms with Gasteiger partial charge in [-0.1, -0.05) is 50.8 Å². The molecule has 0 unspecified atom stereocenters. The van der Waals surface area contributed by atoms with Crippen LogP contribution in [0.1, 0.15) is 43.7 Å². The third kappa shape index (κ3) is 6.16. The average Bonchev–Trinajstić information content (AvgIpc) is 3.05. The highest BCUT2D eigenvalue weighted by molar-refractivity contribution is 5.76. The number of alkyl halides is 3. The van der Waals surface area contributed by atoms with Crippen molar-refractivity contribution in [1.29, 1.82) is 0 Å². The number of nitrogens with one attached hydrogen (secondary N) is 1. The third-order valence-corrected chi connectivity index (χ3v) is 6.60. The number of unbranched alkanes of at least 4 members (excludes halogenated alkanes) is 1. The number of benzene rings is 2. The first-order valence-electron chi connectivity index (χ1n) is 12.6. The van der Waals surface area contributed by atoms with Crippen molar-refractivity contribution in [2.45, 2.75) is 38.8 Å². The van der Waals surface area contributed by atoms with Crippen molar-refractivity contribution in [1.82, 2.24) is 4.98 Å². The second-order valence-corrected chi connectivity index (χ2v) is 9.40. The largest absolute Gasteiger partial charge is 0.416 e. The summed E-state index contributed by atoms with van der Waals surface area (Å²) in [5.74, 6) is 1.32. The lowest BCUT2D eigenvalue weighted by atomic mass is 10.0. The second kappa shape index (κ2) is 11.1. The van der Waals surface area contributed by atoms with E-state index in [4.69, 9.17) is 4.98 Å². The zero-order valence-electron chi connectivity index (χ0n) is 21.4. The van der Waals surface area contributed by atoms with Gasteiger partial charge >= 0.3 is 6.18 Å². The highest BCUT2D eigenvalue weighted by atomic mass is 19.4. The van der Waals surface area contributed by atoms with Crippen LogP contribution in [0.2, 0.25) is 0 Å². The molecule has 1 aliphatic heterocycles. The van der Waals surface area contributed by atoms with Crippen LogP contribution in [-0.2, 0) is 6.18 Å². The number of pyridine rings is 1. The Balaban J connectivity index is 1.64. The molecular weight excluding hydrogens is 473 g/mol. The highest BCUT2D eigenvalue weighted by Crippen LogP contribution is 2.36. The standard InChI is InChI=1S/C30H33F3N4/c1-5-6-10-21(2)23-11-8-14-26(20-23)34-22(3)37-18-9-17-36(4)28-16-15-27(35-29(28)37)24-12-7-13-25(19-24)30(31,32)33/h7-8,11-16,19-20,34H,2-3,5-6,9-10,17-18H2,1,4H3. The van der Waals surface area contributed by atoms with Crippen molar-refractivity contribution in [3.8, 4) is 11.3 Å². The Morgan fingerprint density at radius 3 is 2.57 bits per heavy atom. The minimum absolute atomic E-state index is 0.418. The normalized spacial score (nSPS) is 13.6. The number of allylic oxidation sites excluding steroid dienone is 1. The fourth-order valence-corrected chi connectivity index (χ4v) is 4.49. The van der Waals surface area contributed by atoms with E-state index in [0.717, 1.165) is 66.9 Å². The van der Waals surface area contributed by atoms with Gasteiger partial charge in [0.25, 0.3) is 0 Å². The molecule has 0 spiro atoms. The molecule has 0 saturated carbocycles. The molecule has 194 valence electrons. The van der Waals surface area contributed by atoms with Crippen LogP contribution in [-0.4, -0.2) is 25.1 Å². The van der Waals surface area contributed by atoms with Gasteiger partial charge in [0.1, 0.15) is 5.82 Å². The molecule has 0 radical (unpaired) electrons. The number of rotatable bonds is 8. The second-order valence-electron chi connectivity index (χ2n) is 9.40. The van der Waals surface area contributed by atoms with Gasteiger partial charge in [-0.05, 0) is 66.8 Å². The number of anilines is 3. The highest BCUT2D eigenvalue weighted by Gasteiger charge is 2.31. The van der Waals surface area contributed by atoms with E-state index in [9.17, 15) is 13.2 Å². The lowest BCUT2D eigenvalue weighted by Crippen LogP contribution is -2.28. The van der Waals surface area contributed by atoms with Gasteiger partial charge in [-0.25, -0.2) is 4.98 Å². The number of fused-ring (bicyclic) bond motifs is 1. The van der Waals surface area contributed by atoms with E-state index in [2.05, 4.69) is 42.4 Å². The Kier molecular flexibility index (Phi) is 7.91. The van der Waals surface area contributed by atoms with E-state index in [1.807, 2.05) is 30.1 Å². The summed E-state index contributed by atoms with van der Waals surface area (Å²) in [6.07, 6.45) is -0.370. The lowest BCUT2D eigenvalue weighted by Gasteiger charge is -2.28. The minimum atomic E-state index is -4.41. The Labute approximate surface area is 217 Å². The number of hydrogen-bond donors (Lipinski definition) is 1. The van der Waals surface area contributed by atoms with Crippen molar-refractivity contribution in [3.05, 3.63) is 90.8 Å². The summed E-state index contributed by atoms with van der Waals surface area (Å²) < 4.78 is 39.9. The maximum Gasteiger partial charge on any atom is 0.416 e. The van der Waals surface area contributed by atoms with Crippen molar-refractivity contribution in [2.24, 2.45) is 0 Å². The van der Waals surface area contributed by atoms with E-state index in [0.29, 0.717) is 29.4 Å². The van der Waals surface area contributed by atoms with E-state index in [1.54, 1.807) is 12.1 Å². The average molecular weight is 507 g/mol. The van der Waals surface area contributed by atoms with Gasteiger partial charge in [0.2, 0.25) is 0 Å². The first-order chi connectivity index (χ1) is 17.7. The fourth-order valence-electron chi connectivity index (χ4n) is 4.49.